The fourth-order valence-corrected chi connectivity index (χ4v) is 2.26. The van der Waals surface area contributed by atoms with Gasteiger partial charge in [0.1, 0.15) is 11.5 Å². The van der Waals surface area contributed by atoms with E-state index in [9.17, 15) is 0 Å². The quantitative estimate of drug-likeness (QED) is 0.802. The first-order valence-electron chi connectivity index (χ1n) is 7.37. The number of ether oxygens (including phenoxy) is 2. The summed E-state index contributed by atoms with van der Waals surface area (Å²) in [6, 6.07) is 16.2. The van der Waals surface area contributed by atoms with Gasteiger partial charge in [-0.1, -0.05) is 37.3 Å². The maximum atomic E-state index is 5.79. The predicted molar refractivity (Wildman–Crippen MR) is 87.3 cm³/mol. The van der Waals surface area contributed by atoms with Crippen LogP contribution in [0.4, 0.5) is 5.69 Å². The Morgan fingerprint density at radius 3 is 2.38 bits per heavy atom. The van der Waals surface area contributed by atoms with Crippen molar-refractivity contribution < 1.29 is 9.47 Å². The smallest absolute Gasteiger partial charge is 0.142 e. The van der Waals surface area contributed by atoms with Gasteiger partial charge < -0.3 is 14.8 Å². The van der Waals surface area contributed by atoms with Crippen LogP contribution in [-0.4, -0.2) is 13.7 Å². The lowest BCUT2D eigenvalue weighted by Crippen LogP contribution is -2.09. The van der Waals surface area contributed by atoms with Gasteiger partial charge >= 0.3 is 0 Å². The number of benzene rings is 2. The van der Waals surface area contributed by atoms with E-state index in [-0.39, 0.29) is 6.04 Å². The van der Waals surface area contributed by atoms with Crippen LogP contribution in [0, 0.1) is 0 Å². The van der Waals surface area contributed by atoms with Crippen molar-refractivity contribution in [3.8, 4) is 11.5 Å². The molecule has 0 amide bonds. The lowest BCUT2D eigenvalue weighted by atomic mass is 10.1. The predicted octanol–water partition coefficient (Wildman–Crippen LogP) is 4.66. The molecule has 112 valence electrons. The molecule has 0 aromatic heterocycles. The maximum Gasteiger partial charge on any atom is 0.142 e. The molecule has 0 bridgehead atoms. The van der Waals surface area contributed by atoms with E-state index in [1.807, 2.05) is 42.5 Å². The van der Waals surface area contributed by atoms with E-state index < -0.39 is 0 Å². The average Bonchev–Trinajstić information content (AvgIpc) is 2.54. The summed E-state index contributed by atoms with van der Waals surface area (Å²) in [7, 11) is 1.70. The van der Waals surface area contributed by atoms with Crippen molar-refractivity contribution in [3.05, 3.63) is 54.1 Å². The summed E-state index contributed by atoms with van der Waals surface area (Å²) in [6.45, 7) is 4.95. The Hall–Kier alpha value is -2.16. The van der Waals surface area contributed by atoms with Gasteiger partial charge in [0.25, 0.3) is 0 Å². The third-order valence-corrected chi connectivity index (χ3v) is 3.33. The van der Waals surface area contributed by atoms with Crippen LogP contribution in [0.15, 0.2) is 48.5 Å². The number of para-hydroxylation sites is 3. The number of rotatable bonds is 7. The number of anilines is 1. The molecule has 3 nitrogen and oxygen atoms in total. The Kier molecular flexibility index (Phi) is 5.50. The Morgan fingerprint density at radius 1 is 1.00 bits per heavy atom. The second-order valence-corrected chi connectivity index (χ2v) is 4.95. The SMILES string of the molecule is CCCOc1ccccc1NC(C)c1ccccc1OC. The third-order valence-electron chi connectivity index (χ3n) is 3.33. The molecule has 1 N–H and O–H groups in total. The van der Waals surface area contributed by atoms with E-state index in [2.05, 4.69) is 25.2 Å². The molecular formula is C18H23NO2. The van der Waals surface area contributed by atoms with E-state index in [0.29, 0.717) is 0 Å². The summed E-state index contributed by atoms with van der Waals surface area (Å²) in [6.07, 6.45) is 0.996. The molecule has 0 heterocycles. The lowest BCUT2D eigenvalue weighted by Gasteiger charge is -2.20. The Morgan fingerprint density at radius 2 is 1.67 bits per heavy atom. The molecule has 1 unspecified atom stereocenters. The maximum absolute atomic E-state index is 5.79. The van der Waals surface area contributed by atoms with Gasteiger partial charge in [0.15, 0.2) is 0 Å². The second-order valence-electron chi connectivity index (χ2n) is 4.95. The first-order valence-corrected chi connectivity index (χ1v) is 7.37. The first-order chi connectivity index (χ1) is 10.3. The van der Waals surface area contributed by atoms with Gasteiger partial charge in [-0.25, -0.2) is 0 Å². The van der Waals surface area contributed by atoms with E-state index in [4.69, 9.17) is 9.47 Å². The topological polar surface area (TPSA) is 30.5 Å². The summed E-state index contributed by atoms with van der Waals surface area (Å²) in [5, 5.41) is 3.51. The minimum Gasteiger partial charge on any atom is -0.496 e. The molecule has 1 atom stereocenters. The van der Waals surface area contributed by atoms with Crippen molar-refractivity contribution in [3.63, 3.8) is 0 Å². The zero-order valence-corrected chi connectivity index (χ0v) is 12.9. The molecule has 0 aliphatic carbocycles. The summed E-state index contributed by atoms with van der Waals surface area (Å²) in [4.78, 5) is 0. The number of hydrogen-bond acceptors (Lipinski definition) is 3. The van der Waals surface area contributed by atoms with Gasteiger partial charge in [0.05, 0.1) is 25.4 Å². The van der Waals surface area contributed by atoms with Gasteiger partial charge in [0, 0.05) is 5.56 Å². The number of nitrogens with one attached hydrogen (secondary N) is 1. The molecule has 0 aliphatic rings. The van der Waals surface area contributed by atoms with Gasteiger partial charge in [-0.2, -0.15) is 0 Å². The average molecular weight is 285 g/mol. The summed E-state index contributed by atoms with van der Waals surface area (Å²) in [5.74, 6) is 1.78. The normalized spacial score (nSPS) is 11.8. The minimum atomic E-state index is 0.132. The zero-order chi connectivity index (χ0) is 15.1. The molecule has 0 saturated heterocycles. The third kappa shape index (κ3) is 3.91. The van der Waals surface area contributed by atoms with Gasteiger partial charge in [-0.3, -0.25) is 0 Å². The van der Waals surface area contributed by atoms with Crippen molar-refractivity contribution in [1.82, 2.24) is 0 Å². The molecule has 0 saturated carbocycles. The molecule has 2 aromatic rings. The van der Waals surface area contributed by atoms with Crippen LogP contribution in [0.5, 0.6) is 11.5 Å². The molecule has 0 aliphatic heterocycles. The lowest BCUT2D eigenvalue weighted by molar-refractivity contribution is 0.318. The highest BCUT2D eigenvalue weighted by Crippen LogP contribution is 2.31. The van der Waals surface area contributed by atoms with Crippen LogP contribution in [0.3, 0.4) is 0 Å². The van der Waals surface area contributed by atoms with Crippen LogP contribution in [0.1, 0.15) is 31.9 Å². The van der Waals surface area contributed by atoms with Crippen LogP contribution >= 0.6 is 0 Å². The number of hydrogen-bond donors (Lipinski definition) is 1. The zero-order valence-electron chi connectivity index (χ0n) is 12.9. The molecular weight excluding hydrogens is 262 g/mol. The fraction of sp³-hybridized carbons (Fsp3) is 0.333. The number of methoxy groups -OCH3 is 1. The summed E-state index contributed by atoms with van der Waals surface area (Å²) < 4.78 is 11.2. The molecule has 0 radical (unpaired) electrons. The minimum absolute atomic E-state index is 0.132. The van der Waals surface area contributed by atoms with Crippen LogP contribution in [0.2, 0.25) is 0 Å². The molecule has 21 heavy (non-hydrogen) atoms. The second kappa shape index (κ2) is 7.58. The summed E-state index contributed by atoms with van der Waals surface area (Å²) >= 11 is 0. The molecule has 3 heteroatoms. The molecule has 0 fully saturated rings. The van der Waals surface area contributed by atoms with Crippen molar-refractivity contribution in [2.24, 2.45) is 0 Å². The van der Waals surface area contributed by atoms with Crippen LogP contribution in [-0.2, 0) is 0 Å². The van der Waals surface area contributed by atoms with E-state index in [0.717, 1.165) is 35.8 Å². The van der Waals surface area contributed by atoms with Crippen molar-refractivity contribution in [2.45, 2.75) is 26.3 Å². The Bertz CT molecular complexity index is 569. The highest BCUT2D eigenvalue weighted by molar-refractivity contribution is 5.58. The highest BCUT2D eigenvalue weighted by Gasteiger charge is 2.12. The molecule has 0 spiro atoms. The molecule has 2 aromatic carbocycles. The standard InChI is InChI=1S/C18H23NO2/c1-4-13-21-18-12-8-6-10-16(18)19-14(2)15-9-5-7-11-17(15)20-3/h5-12,14,19H,4,13H2,1-3H3. The first kappa shape index (κ1) is 15.2. The van der Waals surface area contributed by atoms with Gasteiger partial charge in [0.2, 0.25) is 0 Å². The van der Waals surface area contributed by atoms with Gasteiger partial charge in [-0.05, 0) is 31.5 Å². The van der Waals surface area contributed by atoms with Crippen molar-refractivity contribution in [1.29, 1.82) is 0 Å². The van der Waals surface area contributed by atoms with Crippen LogP contribution in [0.25, 0.3) is 0 Å². The fourth-order valence-electron chi connectivity index (χ4n) is 2.26. The monoisotopic (exact) mass is 285 g/mol. The van der Waals surface area contributed by atoms with Gasteiger partial charge in [-0.15, -0.1) is 0 Å². The summed E-state index contributed by atoms with van der Waals surface area (Å²) in [5.41, 5.74) is 2.13. The Labute approximate surface area is 126 Å². The molecule has 2 rings (SSSR count). The van der Waals surface area contributed by atoms with E-state index in [1.54, 1.807) is 7.11 Å². The van der Waals surface area contributed by atoms with Crippen molar-refractivity contribution in [2.75, 3.05) is 19.0 Å². The largest absolute Gasteiger partial charge is 0.496 e. The highest BCUT2D eigenvalue weighted by atomic mass is 16.5. The van der Waals surface area contributed by atoms with Crippen molar-refractivity contribution >= 4 is 5.69 Å². The Balaban J connectivity index is 2.17. The van der Waals surface area contributed by atoms with E-state index >= 15 is 0 Å². The van der Waals surface area contributed by atoms with E-state index in [1.165, 1.54) is 0 Å². The van der Waals surface area contributed by atoms with Crippen LogP contribution < -0.4 is 14.8 Å².